The normalized spacial score (nSPS) is 11.3. The van der Waals surface area contributed by atoms with E-state index in [1.807, 2.05) is 6.92 Å². The maximum Gasteiger partial charge on any atom is 0.255 e. The van der Waals surface area contributed by atoms with Gasteiger partial charge in [0.05, 0.1) is 18.6 Å². The number of hydrogen-bond acceptors (Lipinski definition) is 5. The number of ether oxygens (including phenoxy) is 2. The zero-order valence-electron chi connectivity index (χ0n) is 16.6. The second-order valence-corrected chi connectivity index (χ2v) is 7.80. The van der Waals surface area contributed by atoms with E-state index in [1.165, 1.54) is 23.5 Å². The first-order chi connectivity index (χ1) is 13.4. The lowest BCUT2D eigenvalue weighted by atomic mass is 10.2. The third-order valence-electron chi connectivity index (χ3n) is 4.18. The Morgan fingerprint density at radius 2 is 1.64 bits per heavy atom. The second-order valence-electron chi connectivity index (χ2n) is 5.87. The molecule has 0 aromatic heterocycles. The maximum atomic E-state index is 12.5. The minimum Gasteiger partial charge on any atom is -0.493 e. The van der Waals surface area contributed by atoms with Crippen molar-refractivity contribution in [2.75, 3.05) is 32.1 Å². The number of benzene rings is 2. The van der Waals surface area contributed by atoms with Crippen molar-refractivity contribution in [2.24, 2.45) is 0 Å². The molecule has 7 nitrogen and oxygen atoms in total. The molecule has 0 aliphatic heterocycles. The van der Waals surface area contributed by atoms with E-state index < -0.39 is 10.0 Å². The Hall–Kier alpha value is -2.58. The molecule has 0 unspecified atom stereocenters. The highest BCUT2D eigenvalue weighted by Gasteiger charge is 2.21. The molecule has 2 aromatic rings. The van der Waals surface area contributed by atoms with Crippen molar-refractivity contribution in [3.05, 3.63) is 48.0 Å². The van der Waals surface area contributed by atoms with E-state index >= 15 is 0 Å². The zero-order valence-corrected chi connectivity index (χ0v) is 17.4. The molecular weight excluding hydrogens is 380 g/mol. The predicted octanol–water partition coefficient (Wildman–Crippen LogP) is 3.38. The molecule has 0 saturated heterocycles. The summed E-state index contributed by atoms with van der Waals surface area (Å²) in [6.07, 6.45) is 0. The smallest absolute Gasteiger partial charge is 0.255 e. The molecule has 0 saturated carbocycles. The van der Waals surface area contributed by atoms with E-state index in [1.54, 1.807) is 44.2 Å². The molecule has 152 valence electrons. The Morgan fingerprint density at radius 1 is 1.00 bits per heavy atom. The van der Waals surface area contributed by atoms with Crippen LogP contribution in [0.25, 0.3) is 0 Å². The average molecular weight is 407 g/mol. The van der Waals surface area contributed by atoms with Gasteiger partial charge in [-0.2, -0.15) is 4.31 Å². The number of rotatable bonds is 9. The van der Waals surface area contributed by atoms with Crippen molar-refractivity contribution in [3.63, 3.8) is 0 Å². The molecule has 0 aliphatic rings. The molecule has 0 aliphatic carbocycles. The van der Waals surface area contributed by atoms with Crippen molar-refractivity contribution in [3.8, 4) is 11.5 Å². The first-order valence-electron chi connectivity index (χ1n) is 9.09. The van der Waals surface area contributed by atoms with Crippen molar-refractivity contribution in [2.45, 2.75) is 25.7 Å². The van der Waals surface area contributed by atoms with Crippen LogP contribution in [-0.4, -0.2) is 45.4 Å². The van der Waals surface area contributed by atoms with E-state index in [4.69, 9.17) is 9.47 Å². The fourth-order valence-electron chi connectivity index (χ4n) is 2.71. The molecule has 0 bridgehead atoms. The minimum atomic E-state index is -3.53. The third kappa shape index (κ3) is 4.82. The minimum absolute atomic E-state index is 0.192. The van der Waals surface area contributed by atoms with Gasteiger partial charge >= 0.3 is 0 Å². The number of hydrogen-bond donors (Lipinski definition) is 1. The van der Waals surface area contributed by atoms with Crippen LogP contribution in [0.15, 0.2) is 47.4 Å². The largest absolute Gasteiger partial charge is 0.493 e. The monoisotopic (exact) mass is 406 g/mol. The van der Waals surface area contributed by atoms with Crippen LogP contribution in [0.2, 0.25) is 0 Å². The summed E-state index contributed by atoms with van der Waals surface area (Å²) in [7, 11) is -1.99. The molecule has 1 amide bonds. The average Bonchev–Trinajstić information content (AvgIpc) is 2.69. The molecule has 28 heavy (non-hydrogen) atoms. The van der Waals surface area contributed by atoms with Gasteiger partial charge in [0.25, 0.3) is 5.91 Å². The summed E-state index contributed by atoms with van der Waals surface area (Å²) < 4.78 is 37.1. The van der Waals surface area contributed by atoms with Crippen LogP contribution in [0.3, 0.4) is 0 Å². The van der Waals surface area contributed by atoms with Gasteiger partial charge in [-0.05, 0) is 49.4 Å². The Bertz CT molecular complexity index is 907. The van der Waals surface area contributed by atoms with Gasteiger partial charge in [-0.1, -0.05) is 13.8 Å². The van der Waals surface area contributed by atoms with Crippen molar-refractivity contribution in [1.29, 1.82) is 0 Å². The van der Waals surface area contributed by atoms with Crippen molar-refractivity contribution < 1.29 is 22.7 Å². The lowest BCUT2D eigenvalue weighted by molar-refractivity contribution is 0.102. The summed E-state index contributed by atoms with van der Waals surface area (Å²) in [5.74, 6) is 0.700. The number of carbonyl (C=O) groups is 1. The Balaban J connectivity index is 2.18. The summed E-state index contributed by atoms with van der Waals surface area (Å²) >= 11 is 0. The number of nitrogens with one attached hydrogen (secondary N) is 1. The van der Waals surface area contributed by atoms with E-state index in [9.17, 15) is 13.2 Å². The standard InChI is InChI=1S/C20H26N2O5S/c1-5-22(6-2)28(24,25)17-11-9-16(10-12-17)21-20(23)15-8-13-18(26-4)19(14-15)27-7-3/h8-14H,5-7H2,1-4H3,(H,21,23). The quantitative estimate of drug-likeness (QED) is 0.690. The summed E-state index contributed by atoms with van der Waals surface area (Å²) in [6, 6.07) is 11.0. The zero-order chi connectivity index (χ0) is 20.7. The first kappa shape index (κ1) is 21.7. The van der Waals surface area contributed by atoms with Gasteiger partial charge in [0.1, 0.15) is 0 Å². The fourth-order valence-corrected chi connectivity index (χ4v) is 4.17. The molecule has 0 fully saturated rings. The highest BCUT2D eigenvalue weighted by Crippen LogP contribution is 2.28. The number of nitrogens with zero attached hydrogens (tertiary/aromatic N) is 1. The number of anilines is 1. The summed E-state index contributed by atoms with van der Waals surface area (Å²) in [5, 5.41) is 2.76. The maximum absolute atomic E-state index is 12.5. The molecule has 0 radical (unpaired) electrons. The number of methoxy groups -OCH3 is 1. The van der Waals surface area contributed by atoms with Gasteiger partial charge < -0.3 is 14.8 Å². The van der Waals surface area contributed by atoms with E-state index in [0.29, 0.717) is 42.4 Å². The van der Waals surface area contributed by atoms with E-state index in [-0.39, 0.29) is 10.8 Å². The molecule has 0 spiro atoms. The van der Waals surface area contributed by atoms with Crippen LogP contribution in [0.4, 0.5) is 5.69 Å². The highest BCUT2D eigenvalue weighted by molar-refractivity contribution is 7.89. The fraction of sp³-hybridized carbons (Fsp3) is 0.350. The second kappa shape index (κ2) is 9.57. The van der Waals surface area contributed by atoms with Gasteiger partial charge in [-0.15, -0.1) is 0 Å². The van der Waals surface area contributed by atoms with Crippen LogP contribution < -0.4 is 14.8 Å². The van der Waals surface area contributed by atoms with Crippen molar-refractivity contribution >= 4 is 21.6 Å². The lowest BCUT2D eigenvalue weighted by Crippen LogP contribution is -2.30. The lowest BCUT2D eigenvalue weighted by Gasteiger charge is -2.18. The van der Waals surface area contributed by atoms with E-state index in [2.05, 4.69) is 5.32 Å². The van der Waals surface area contributed by atoms with Crippen LogP contribution in [-0.2, 0) is 10.0 Å². The molecule has 2 aromatic carbocycles. The van der Waals surface area contributed by atoms with Gasteiger partial charge in [0.2, 0.25) is 10.0 Å². The van der Waals surface area contributed by atoms with E-state index in [0.717, 1.165) is 0 Å². The third-order valence-corrected chi connectivity index (χ3v) is 6.25. The Morgan fingerprint density at radius 3 is 2.18 bits per heavy atom. The molecule has 1 N–H and O–H groups in total. The van der Waals surface area contributed by atoms with Crippen LogP contribution in [0, 0.1) is 0 Å². The molecule has 0 heterocycles. The van der Waals surface area contributed by atoms with Crippen LogP contribution in [0.5, 0.6) is 11.5 Å². The number of amides is 1. The van der Waals surface area contributed by atoms with Gasteiger partial charge in [-0.3, -0.25) is 4.79 Å². The summed E-state index contributed by atoms with van der Waals surface area (Å²) in [5.41, 5.74) is 0.904. The molecular formula is C20H26N2O5S. The molecule has 0 atom stereocenters. The predicted molar refractivity (Wildman–Crippen MR) is 109 cm³/mol. The molecule has 8 heteroatoms. The van der Waals surface area contributed by atoms with Gasteiger partial charge in [0, 0.05) is 24.3 Å². The Labute approximate surface area is 166 Å². The van der Waals surface area contributed by atoms with Crippen molar-refractivity contribution in [1.82, 2.24) is 4.31 Å². The molecule has 2 rings (SSSR count). The topological polar surface area (TPSA) is 84.9 Å². The SMILES string of the molecule is CCOc1cc(C(=O)Nc2ccc(S(=O)(=O)N(CC)CC)cc2)ccc1OC. The van der Waals surface area contributed by atoms with Gasteiger partial charge in [-0.25, -0.2) is 8.42 Å². The Kier molecular flexibility index (Phi) is 7.42. The number of sulfonamides is 1. The summed E-state index contributed by atoms with van der Waals surface area (Å²) in [6.45, 7) is 6.68. The van der Waals surface area contributed by atoms with Crippen LogP contribution in [0.1, 0.15) is 31.1 Å². The van der Waals surface area contributed by atoms with Crippen LogP contribution >= 0.6 is 0 Å². The first-order valence-corrected chi connectivity index (χ1v) is 10.5. The summed E-state index contributed by atoms with van der Waals surface area (Å²) in [4.78, 5) is 12.7. The van der Waals surface area contributed by atoms with Gasteiger partial charge in [0.15, 0.2) is 11.5 Å². The highest BCUT2D eigenvalue weighted by atomic mass is 32.2. The number of carbonyl (C=O) groups excluding carboxylic acids is 1.